The van der Waals surface area contributed by atoms with Crippen molar-refractivity contribution < 1.29 is 14.6 Å². The van der Waals surface area contributed by atoms with Crippen LogP contribution in [0.15, 0.2) is 29.4 Å². The Morgan fingerprint density at radius 2 is 2.29 bits per heavy atom. The Labute approximate surface area is 81.0 Å². The number of ether oxygens (including phenoxy) is 1. The van der Waals surface area contributed by atoms with E-state index in [-0.39, 0.29) is 5.75 Å². The highest BCUT2D eigenvalue weighted by atomic mass is 16.5. The van der Waals surface area contributed by atoms with E-state index in [0.717, 1.165) is 0 Å². The minimum Gasteiger partial charge on any atom is -0.507 e. The number of rotatable bonds is 2. The Morgan fingerprint density at radius 1 is 1.57 bits per heavy atom. The second-order valence-electron chi connectivity index (χ2n) is 2.42. The van der Waals surface area contributed by atoms with E-state index in [0.29, 0.717) is 5.56 Å². The molecule has 0 unspecified atom stereocenters. The number of hydrogen-bond donors (Lipinski definition) is 2. The van der Waals surface area contributed by atoms with Crippen LogP contribution in [0.25, 0.3) is 0 Å². The van der Waals surface area contributed by atoms with Crippen molar-refractivity contribution in [2.75, 3.05) is 7.11 Å². The second kappa shape index (κ2) is 4.86. The van der Waals surface area contributed by atoms with Gasteiger partial charge in [0.25, 0.3) is 0 Å². The van der Waals surface area contributed by atoms with Gasteiger partial charge < -0.3 is 9.84 Å². The lowest BCUT2D eigenvalue weighted by molar-refractivity contribution is 0.171. The molecule has 0 heterocycles. The highest BCUT2D eigenvalue weighted by molar-refractivity contribution is 5.84. The van der Waals surface area contributed by atoms with Gasteiger partial charge in [-0.3, -0.25) is 0 Å². The summed E-state index contributed by atoms with van der Waals surface area (Å²) < 4.78 is 4.29. The van der Waals surface area contributed by atoms with Crippen LogP contribution in [-0.2, 0) is 4.74 Å². The van der Waals surface area contributed by atoms with Crippen LogP contribution in [0.5, 0.6) is 5.75 Å². The average molecular weight is 194 g/mol. The second-order valence-corrected chi connectivity index (χ2v) is 2.42. The third-order valence-corrected chi connectivity index (χ3v) is 1.48. The Kier molecular flexibility index (Phi) is 3.49. The highest BCUT2D eigenvalue weighted by Crippen LogP contribution is 2.12. The normalized spacial score (nSPS) is 10.1. The quantitative estimate of drug-likeness (QED) is 0.546. The number of amides is 1. The van der Waals surface area contributed by atoms with Gasteiger partial charge in [-0.2, -0.15) is 5.10 Å². The molecule has 0 bridgehead atoms. The van der Waals surface area contributed by atoms with Crippen molar-refractivity contribution in [2.45, 2.75) is 0 Å². The molecule has 1 aromatic rings. The van der Waals surface area contributed by atoms with Gasteiger partial charge in [-0.15, -0.1) is 0 Å². The van der Waals surface area contributed by atoms with Crippen LogP contribution in [0.4, 0.5) is 4.79 Å². The number of nitrogens with one attached hydrogen (secondary N) is 1. The van der Waals surface area contributed by atoms with E-state index >= 15 is 0 Å². The Balaban J connectivity index is 2.60. The third kappa shape index (κ3) is 2.78. The van der Waals surface area contributed by atoms with Crippen molar-refractivity contribution in [3.05, 3.63) is 29.8 Å². The molecule has 0 spiro atoms. The SMILES string of the molecule is COC(=O)N/N=C\c1ccccc1O. The van der Waals surface area contributed by atoms with Crippen LogP contribution in [0.1, 0.15) is 5.56 Å². The molecule has 5 heteroatoms. The van der Waals surface area contributed by atoms with E-state index in [2.05, 4.69) is 15.3 Å². The van der Waals surface area contributed by atoms with Crippen molar-refractivity contribution in [1.82, 2.24) is 5.43 Å². The van der Waals surface area contributed by atoms with Gasteiger partial charge in [-0.25, -0.2) is 10.2 Å². The highest BCUT2D eigenvalue weighted by Gasteiger charge is 1.96. The van der Waals surface area contributed by atoms with E-state index in [4.69, 9.17) is 0 Å². The predicted molar refractivity (Wildman–Crippen MR) is 51.2 cm³/mol. The monoisotopic (exact) mass is 194 g/mol. The molecular weight excluding hydrogens is 184 g/mol. The molecule has 2 N–H and O–H groups in total. The summed E-state index contributed by atoms with van der Waals surface area (Å²) in [5.74, 6) is 0.0999. The first kappa shape index (κ1) is 10.0. The van der Waals surface area contributed by atoms with Gasteiger partial charge in [-0.05, 0) is 12.1 Å². The molecule has 14 heavy (non-hydrogen) atoms. The smallest absolute Gasteiger partial charge is 0.427 e. The summed E-state index contributed by atoms with van der Waals surface area (Å²) in [5.41, 5.74) is 2.62. The summed E-state index contributed by atoms with van der Waals surface area (Å²) in [6, 6.07) is 6.64. The van der Waals surface area contributed by atoms with E-state index in [9.17, 15) is 9.90 Å². The number of nitrogens with zero attached hydrogens (tertiary/aromatic N) is 1. The Bertz CT molecular complexity index is 350. The van der Waals surface area contributed by atoms with Gasteiger partial charge in [0, 0.05) is 5.56 Å². The number of methoxy groups -OCH3 is 1. The first-order valence-corrected chi connectivity index (χ1v) is 3.89. The number of para-hydroxylation sites is 1. The number of phenolic OH excluding ortho intramolecular Hbond substituents is 1. The molecule has 0 aromatic heterocycles. The molecule has 0 saturated carbocycles. The minimum atomic E-state index is -0.656. The van der Waals surface area contributed by atoms with Crippen LogP contribution in [0.3, 0.4) is 0 Å². The molecule has 0 saturated heterocycles. The molecule has 0 radical (unpaired) electrons. The van der Waals surface area contributed by atoms with E-state index in [1.807, 2.05) is 0 Å². The molecular formula is C9H10N2O3. The number of carbonyl (C=O) groups excluding carboxylic acids is 1. The van der Waals surface area contributed by atoms with E-state index in [1.54, 1.807) is 18.2 Å². The molecule has 0 atom stereocenters. The molecule has 1 rings (SSSR count). The van der Waals surface area contributed by atoms with Crippen molar-refractivity contribution in [3.8, 4) is 5.75 Å². The summed E-state index contributed by atoms with van der Waals surface area (Å²) in [5, 5.41) is 12.9. The number of hydrogen-bond acceptors (Lipinski definition) is 4. The summed E-state index contributed by atoms with van der Waals surface area (Å²) >= 11 is 0. The van der Waals surface area contributed by atoms with E-state index in [1.165, 1.54) is 19.4 Å². The maximum atomic E-state index is 10.6. The molecule has 0 fully saturated rings. The van der Waals surface area contributed by atoms with Gasteiger partial charge >= 0.3 is 6.09 Å². The number of hydrazone groups is 1. The van der Waals surface area contributed by atoms with Gasteiger partial charge in [0.2, 0.25) is 0 Å². The van der Waals surface area contributed by atoms with Crippen molar-refractivity contribution in [1.29, 1.82) is 0 Å². The van der Waals surface area contributed by atoms with Gasteiger partial charge in [0.05, 0.1) is 13.3 Å². The van der Waals surface area contributed by atoms with Gasteiger partial charge in [0.15, 0.2) is 0 Å². The summed E-state index contributed by atoms with van der Waals surface area (Å²) in [6.45, 7) is 0. The standard InChI is InChI=1S/C9H10N2O3/c1-14-9(13)11-10-6-7-4-2-3-5-8(7)12/h2-6,12H,1H3,(H,11,13)/b10-6-. The molecule has 0 aliphatic rings. The molecule has 0 aliphatic heterocycles. The Morgan fingerprint density at radius 3 is 2.93 bits per heavy atom. The van der Waals surface area contributed by atoms with Crippen molar-refractivity contribution in [3.63, 3.8) is 0 Å². The zero-order chi connectivity index (χ0) is 10.4. The number of benzene rings is 1. The van der Waals surface area contributed by atoms with Crippen LogP contribution in [0, 0.1) is 0 Å². The molecule has 5 nitrogen and oxygen atoms in total. The maximum Gasteiger partial charge on any atom is 0.427 e. The number of carbonyl (C=O) groups is 1. The first-order valence-electron chi connectivity index (χ1n) is 3.89. The van der Waals surface area contributed by atoms with Crippen molar-refractivity contribution >= 4 is 12.3 Å². The van der Waals surface area contributed by atoms with Gasteiger partial charge in [-0.1, -0.05) is 12.1 Å². The fraction of sp³-hybridized carbons (Fsp3) is 0.111. The zero-order valence-corrected chi connectivity index (χ0v) is 7.60. The topological polar surface area (TPSA) is 70.9 Å². The molecule has 0 aliphatic carbocycles. The van der Waals surface area contributed by atoms with Gasteiger partial charge in [0.1, 0.15) is 5.75 Å². The largest absolute Gasteiger partial charge is 0.507 e. The first-order chi connectivity index (χ1) is 6.74. The van der Waals surface area contributed by atoms with Crippen molar-refractivity contribution in [2.24, 2.45) is 5.10 Å². The lowest BCUT2D eigenvalue weighted by Crippen LogP contribution is -2.16. The Hall–Kier alpha value is -2.04. The van der Waals surface area contributed by atoms with Crippen LogP contribution >= 0.6 is 0 Å². The fourth-order valence-electron chi connectivity index (χ4n) is 0.797. The lowest BCUT2D eigenvalue weighted by Gasteiger charge is -1.97. The molecule has 1 amide bonds. The predicted octanol–water partition coefficient (Wildman–Crippen LogP) is 1.08. The number of phenols is 1. The van der Waals surface area contributed by atoms with Crippen LogP contribution in [-0.4, -0.2) is 24.5 Å². The average Bonchev–Trinajstić information content (AvgIpc) is 2.20. The zero-order valence-electron chi connectivity index (χ0n) is 7.60. The van der Waals surface area contributed by atoms with E-state index < -0.39 is 6.09 Å². The summed E-state index contributed by atoms with van der Waals surface area (Å²) in [7, 11) is 1.24. The summed E-state index contributed by atoms with van der Waals surface area (Å²) in [6.07, 6.45) is 0.670. The number of aromatic hydroxyl groups is 1. The molecule has 1 aromatic carbocycles. The third-order valence-electron chi connectivity index (χ3n) is 1.48. The fourth-order valence-corrected chi connectivity index (χ4v) is 0.797. The molecule has 74 valence electrons. The lowest BCUT2D eigenvalue weighted by atomic mass is 10.2. The minimum absolute atomic E-state index is 0.0999. The van der Waals surface area contributed by atoms with Crippen LogP contribution in [0.2, 0.25) is 0 Å². The summed E-state index contributed by atoms with van der Waals surface area (Å²) in [4.78, 5) is 10.6. The van der Waals surface area contributed by atoms with Crippen LogP contribution < -0.4 is 5.43 Å². The maximum absolute atomic E-state index is 10.6.